The largest absolute Gasteiger partial charge is 0.378 e. The van der Waals surface area contributed by atoms with Crippen LogP contribution in [0.1, 0.15) is 6.92 Å². The van der Waals surface area contributed by atoms with Crippen molar-refractivity contribution < 1.29 is 19.3 Å². The molecular formula is C18H30N4O2+2. The van der Waals surface area contributed by atoms with Gasteiger partial charge in [-0.15, -0.1) is 0 Å². The van der Waals surface area contributed by atoms with Gasteiger partial charge in [0, 0.05) is 24.5 Å². The van der Waals surface area contributed by atoms with E-state index in [0.717, 1.165) is 45.1 Å². The van der Waals surface area contributed by atoms with E-state index in [2.05, 4.69) is 29.3 Å². The average molecular weight is 334 g/mol. The number of carbonyl (C=O) groups is 1. The van der Waals surface area contributed by atoms with Crippen LogP contribution in [0.3, 0.4) is 0 Å². The number of nitrogens with one attached hydrogen (secondary N) is 3. The Bertz CT molecular complexity index is 520. The average Bonchev–Trinajstić information content (AvgIpc) is 2.64. The summed E-state index contributed by atoms with van der Waals surface area (Å²) in [6.45, 7) is 12.0. The molecule has 2 heterocycles. The zero-order valence-electron chi connectivity index (χ0n) is 14.6. The molecule has 0 atom stereocenters. The quantitative estimate of drug-likeness (QED) is 0.600. The number of morpholine rings is 1. The number of hydrogen-bond acceptors (Lipinski definition) is 3. The van der Waals surface area contributed by atoms with Gasteiger partial charge in [-0.05, 0) is 31.2 Å². The van der Waals surface area contributed by atoms with Crippen LogP contribution in [0.5, 0.6) is 0 Å². The van der Waals surface area contributed by atoms with Gasteiger partial charge in [-0.25, -0.2) is 0 Å². The molecule has 0 spiro atoms. The second kappa shape index (κ2) is 8.46. The van der Waals surface area contributed by atoms with Crippen LogP contribution in [0.15, 0.2) is 24.3 Å². The third kappa shape index (κ3) is 4.69. The third-order valence-electron chi connectivity index (χ3n) is 5.10. The Kier molecular flexibility index (Phi) is 6.07. The van der Waals surface area contributed by atoms with Gasteiger partial charge < -0.3 is 24.8 Å². The first-order valence-corrected chi connectivity index (χ1v) is 9.14. The summed E-state index contributed by atoms with van der Waals surface area (Å²) < 4.78 is 5.38. The number of carbonyl (C=O) groups excluding carboxylic acids is 1. The highest BCUT2D eigenvalue weighted by atomic mass is 16.5. The number of ether oxygens (including phenoxy) is 1. The summed E-state index contributed by atoms with van der Waals surface area (Å²) in [5, 5.41) is 3.03. The molecule has 1 aromatic carbocycles. The number of quaternary nitrogens is 2. The lowest BCUT2D eigenvalue weighted by Crippen LogP contribution is -3.28. The molecule has 2 fully saturated rings. The van der Waals surface area contributed by atoms with Crippen molar-refractivity contribution in [3.05, 3.63) is 24.3 Å². The highest BCUT2D eigenvalue weighted by Crippen LogP contribution is 2.18. The molecule has 0 unspecified atom stereocenters. The van der Waals surface area contributed by atoms with E-state index in [9.17, 15) is 4.79 Å². The number of hydrogen-bond donors (Lipinski definition) is 3. The monoisotopic (exact) mass is 334 g/mol. The standard InChI is InChI=1S/C18H28N4O2/c1-2-20-7-9-21(10-8-20)15-18(23)19-16-3-5-17(6-4-16)22-11-13-24-14-12-22/h3-6H,2,7-15H2,1H3,(H,19,23)/p+2. The minimum atomic E-state index is 0.115. The van der Waals surface area contributed by atoms with E-state index in [1.165, 1.54) is 30.2 Å². The molecule has 24 heavy (non-hydrogen) atoms. The summed E-state index contributed by atoms with van der Waals surface area (Å²) in [6, 6.07) is 8.16. The predicted molar refractivity (Wildman–Crippen MR) is 94.9 cm³/mol. The Morgan fingerprint density at radius 2 is 1.71 bits per heavy atom. The first kappa shape index (κ1) is 17.2. The molecule has 0 bridgehead atoms. The Hall–Kier alpha value is -1.63. The van der Waals surface area contributed by atoms with Gasteiger partial charge in [0.15, 0.2) is 6.54 Å². The molecule has 2 aliphatic rings. The van der Waals surface area contributed by atoms with E-state index < -0.39 is 0 Å². The topological polar surface area (TPSA) is 50.5 Å². The van der Waals surface area contributed by atoms with E-state index in [0.29, 0.717) is 6.54 Å². The van der Waals surface area contributed by atoms with Gasteiger partial charge >= 0.3 is 0 Å². The molecule has 3 N–H and O–H groups in total. The van der Waals surface area contributed by atoms with Gasteiger partial charge in [-0.1, -0.05) is 0 Å². The first-order valence-electron chi connectivity index (χ1n) is 9.14. The molecule has 0 aromatic heterocycles. The molecular weight excluding hydrogens is 304 g/mol. The number of rotatable bonds is 5. The highest BCUT2D eigenvalue weighted by Gasteiger charge is 2.23. The van der Waals surface area contributed by atoms with E-state index in [1.54, 1.807) is 4.90 Å². The van der Waals surface area contributed by atoms with Crippen molar-refractivity contribution >= 4 is 17.3 Å². The Labute approximate surface area is 144 Å². The molecule has 6 nitrogen and oxygen atoms in total. The van der Waals surface area contributed by atoms with Crippen LogP contribution in [-0.4, -0.2) is 71.5 Å². The zero-order chi connectivity index (χ0) is 16.8. The number of benzene rings is 1. The number of piperazine rings is 1. The first-order chi connectivity index (χ1) is 11.7. The molecule has 3 rings (SSSR count). The van der Waals surface area contributed by atoms with Gasteiger partial charge in [0.2, 0.25) is 0 Å². The highest BCUT2D eigenvalue weighted by molar-refractivity contribution is 5.91. The molecule has 2 aliphatic heterocycles. The molecule has 6 heteroatoms. The number of nitrogens with zero attached hydrogens (tertiary/aromatic N) is 1. The molecule has 0 radical (unpaired) electrons. The fraction of sp³-hybridized carbons (Fsp3) is 0.611. The summed E-state index contributed by atoms with van der Waals surface area (Å²) in [5.74, 6) is 0.115. The lowest BCUT2D eigenvalue weighted by atomic mass is 10.2. The number of amides is 1. The minimum absolute atomic E-state index is 0.115. The van der Waals surface area contributed by atoms with Crippen molar-refractivity contribution in [1.29, 1.82) is 0 Å². The second-order valence-electron chi connectivity index (χ2n) is 6.72. The van der Waals surface area contributed by atoms with E-state index in [4.69, 9.17) is 4.74 Å². The van der Waals surface area contributed by atoms with E-state index in [1.807, 2.05) is 12.1 Å². The summed E-state index contributed by atoms with van der Waals surface area (Å²) in [5.41, 5.74) is 2.08. The summed E-state index contributed by atoms with van der Waals surface area (Å²) in [6.07, 6.45) is 0. The van der Waals surface area contributed by atoms with Gasteiger partial charge in [-0.2, -0.15) is 0 Å². The summed E-state index contributed by atoms with van der Waals surface area (Å²) in [7, 11) is 0. The smallest absolute Gasteiger partial charge is 0.279 e. The van der Waals surface area contributed by atoms with Gasteiger partial charge in [0.25, 0.3) is 5.91 Å². The van der Waals surface area contributed by atoms with Crippen molar-refractivity contribution in [3.8, 4) is 0 Å². The molecule has 2 saturated heterocycles. The van der Waals surface area contributed by atoms with Gasteiger partial charge in [0.05, 0.1) is 19.8 Å². The van der Waals surface area contributed by atoms with Crippen LogP contribution in [0.25, 0.3) is 0 Å². The maximum absolute atomic E-state index is 12.3. The van der Waals surface area contributed by atoms with Crippen molar-refractivity contribution in [2.75, 3.05) is 75.8 Å². The van der Waals surface area contributed by atoms with Crippen LogP contribution in [0, 0.1) is 0 Å². The Balaban J connectivity index is 1.46. The lowest BCUT2D eigenvalue weighted by molar-refractivity contribution is -1.01. The maximum Gasteiger partial charge on any atom is 0.279 e. The molecule has 0 aliphatic carbocycles. The van der Waals surface area contributed by atoms with Gasteiger partial charge in [0.1, 0.15) is 26.2 Å². The fourth-order valence-electron chi connectivity index (χ4n) is 3.50. The Morgan fingerprint density at radius 3 is 2.33 bits per heavy atom. The number of anilines is 2. The van der Waals surface area contributed by atoms with Gasteiger partial charge in [-0.3, -0.25) is 4.79 Å². The normalized spacial score (nSPS) is 24.6. The summed E-state index contributed by atoms with van der Waals surface area (Å²) >= 11 is 0. The van der Waals surface area contributed by atoms with Crippen LogP contribution in [-0.2, 0) is 9.53 Å². The SMILES string of the molecule is CC[NH+]1CC[NH+](CC(=O)Nc2ccc(N3CCOCC3)cc2)CC1. The third-order valence-corrected chi connectivity index (χ3v) is 5.10. The van der Waals surface area contributed by atoms with Crippen LogP contribution >= 0.6 is 0 Å². The predicted octanol–water partition coefficient (Wildman–Crippen LogP) is -1.73. The Morgan fingerprint density at radius 1 is 1.08 bits per heavy atom. The minimum Gasteiger partial charge on any atom is -0.378 e. The maximum atomic E-state index is 12.3. The summed E-state index contributed by atoms with van der Waals surface area (Å²) in [4.78, 5) is 17.6. The van der Waals surface area contributed by atoms with E-state index >= 15 is 0 Å². The molecule has 132 valence electrons. The van der Waals surface area contributed by atoms with Crippen LogP contribution in [0.2, 0.25) is 0 Å². The number of likely N-dealkylation sites (N-methyl/N-ethyl adjacent to an activating group) is 1. The molecule has 1 aromatic rings. The second-order valence-corrected chi connectivity index (χ2v) is 6.72. The van der Waals surface area contributed by atoms with Crippen LogP contribution in [0.4, 0.5) is 11.4 Å². The molecule has 0 saturated carbocycles. The van der Waals surface area contributed by atoms with Crippen molar-refractivity contribution in [1.82, 2.24) is 0 Å². The van der Waals surface area contributed by atoms with Crippen molar-refractivity contribution in [2.45, 2.75) is 6.92 Å². The zero-order valence-corrected chi connectivity index (χ0v) is 14.6. The van der Waals surface area contributed by atoms with Crippen LogP contribution < -0.4 is 20.0 Å². The molecule has 1 amide bonds. The van der Waals surface area contributed by atoms with Crippen molar-refractivity contribution in [2.24, 2.45) is 0 Å². The fourth-order valence-corrected chi connectivity index (χ4v) is 3.50. The van der Waals surface area contributed by atoms with E-state index in [-0.39, 0.29) is 5.91 Å². The van der Waals surface area contributed by atoms with Crippen molar-refractivity contribution in [3.63, 3.8) is 0 Å². The lowest BCUT2D eigenvalue weighted by Gasteiger charge is -2.29.